The quantitative estimate of drug-likeness (QED) is 0.216. The minimum atomic E-state index is -3.19. The van der Waals surface area contributed by atoms with Crippen LogP contribution in [0.2, 0.25) is 0 Å². The van der Waals surface area contributed by atoms with E-state index in [2.05, 4.69) is 11.5 Å². The summed E-state index contributed by atoms with van der Waals surface area (Å²) < 4.78 is 20.7. The fraction of sp³-hybridized carbons (Fsp3) is 0.700. The normalized spacial score (nSPS) is 13.2. The molecule has 0 amide bonds. The average Bonchev–Trinajstić information content (AvgIpc) is 2.33. The maximum absolute atomic E-state index is 11.5. The van der Waals surface area contributed by atoms with E-state index in [1.165, 1.54) is 21.3 Å². The Balaban J connectivity index is 4.90. The van der Waals surface area contributed by atoms with E-state index >= 15 is 0 Å². The highest BCUT2D eigenvalue weighted by atomic mass is 28.4. The molecule has 0 aromatic rings. The van der Waals surface area contributed by atoms with Crippen LogP contribution in [0.25, 0.3) is 0 Å². The van der Waals surface area contributed by atoms with Crippen LogP contribution in [-0.4, -0.2) is 41.8 Å². The highest BCUT2D eigenvalue weighted by Crippen LogP contribution is 2.20. The van der Waals surface area contributed by atoms with Crippen LogP contribution in [0, 0.1) is 0 Å². The van der Waals surface area contributed by atoms with E-state index in [0.29, 0.717) is 12.0 Å². The van der Waals surface area contributed by atoms with Crippen molar-refractivity contribution in [2.75, 3.05) is 21.3 Å². The Hall–Kier alpha value is -0.733. The van der Waals surface area contributed by atoms with Crippen LogP contribution < -0.4 is 0 Å². The van der Waals surface area contributed by atoms with Gasteiger partial charge in [-0.25, -0.2) is 14.3 Å². The van der Waals surface area contributed by atoms with E-state index in [1.54, 1.807) is 6.92 Å². The van der Waals surface area contributed by atoms with Gasteiger partial charge in [0.1, 0.15) is 0 Å². The van der Waals surface area contributed by atoms with Crippen molar-refractivity contribution in [1.82, 2.24) is 0 Å². The predicted molar refractivity (Wildman–Crippen MR) is 62.9 cm³/mol. The largest absolute Gasteiger partial charge is 0.571 e. The number of carbonyl (C=O) groups is 1. The maximum Gasteiger partial charge on any atom is 0.571 e. The number of hydrogen-bond acceptors (Lipinski definition) is 6. The number of carbonyl (C=O) groups excluding carboxylic acids is 1. The Morgan fingerprint density at radius 2 is 1.82 bits per heavy atom. The van der Waals surface area contributed by atoms with Crippen LogP contribution in [-0.2, 0) is 27.8 Å². The molecule has 6 nitrogen and oxygen atoms in total. The Bertz CT molecular complexity index is 264. The molecule has 0 aliphatic carbocycles. The van der Waals surface area contributed by atoms with Crippen LogP contribution in [0.5, 0.6) is 0 Å². The van der Waals surface area contributed by atoms with Gasteiger partial charge in [0.25, 0.3) is 0 Å². The van der Waals surface area contributed by atoms with Crippen molar-refractivity contribution < 1.29 is 27.8 Å². The van der Waals surface area contributed by atoms with Gasteiger partial charge in [-0.05, 0) is 13.3 Å². The van der Waals surface area contributed by atoms with E-state index in [-0.39, 0.29) is 0 Å². The van der Waals surface area contributed by atoms with E-state index in [9.17, 15) is 4.79 Å². The second-order valence-electron chi connectivity index (χ2n) is 3.34. The summed E-state index contributed by atoms with van der Waals surface area (Å²) in [7, 11) is 0.998. The molecule has 0 fully saturated rings. The minimum absolute atomic E-state index is 0.302. The number of esters is 1. The molecule has 100 valence electrons. The predicted octanol–water partition coefficient (Wildman–Crippen LogP) is 1.23. The molecule has 1 atom stereocenters. The molecule has 0 aliphatic heterocycles. The highest BCUT2D eigenvalue weighted by Gasteiger charge is 2.52. The van der Waals surface area contributed by atoms with Crippen molar-refractivity contribution in [2.45, 2.75) is 26.0 Å². The van der Waals surface area contributed by atoms with Crippen molar-refractivity contribution in [3.63, 3.8) is 0 Å². The molecule has 0 aromatic heterocycles. The van der Waals surface area contributed by atoms with Gasteiger partial charge in [0.2, 0.25) is 0 Å². The first-order valence-electron chi connectivity index (χ1n) is 5.16. The Kier molecular flexibility index (Phi) is 7.24. The maximum atomic E-state index is 11.5. The van der Waals surface area contributed by atoms with Gasteiger partial charge in [-0.1, -0.05) is 13.5 Å². The van der Waals surface area contributed by atoms with Gasteiger partial charge in [0, 0.05) is 19.8 Å². The molecular formula is C10H20O6Si. The summed E-state index contributed by atoms with van der Waals surface area (Å²) >= 11 is 0. The van der Waals surface area contributed by atoms with Gasteiger partial charge < -0.3 is 13.6 Å². The molecule has 7 heteroatoms. The fourth-order valence-corrected chi connectivity index (χ4v) is 3.14. The van der Waals surface area contributed by atoms with Crippen LogP contribution in [0.1, 0.15) is 20.3 Å². The van der Waals surface area contributed by atoms with Crippen molar-refractivity contribution in [2.24, 2.45) is 0 Å². The van der Waals surface area contributed by atoms with Gasteiger partial charge in [-0.15, -0.1) is 0 Å². The van der Waals surface area contributed by atoms with Gasteiger partial charge in [0.05, 0.1) is 7.11 Å². The molecule has 0 radical (unpaired) electrons. The average molecular weight is 264 g/mol. The Labute approximate surface area is 103 Å². The molecule has 0 rings (SSSR count). The van der Waals surface area contributed by atoms with Crippen molar-refractivity contribution in [3.8, 4) is 0 Å². The molecule has 0 heterocycles. The zero-order valence-corrected chi connectivity index (χ0v) is 11.9. The van der Waals surface area contributed by atoms with Crippen molar-refractivity contribution in [3.05, 3.63) is 12.2 Å². The first kappa shape index (κ1) is 16.3. The lowest BCUT2D eigenvalue weighted by Gasteiger charge is -2.30. The summed E-state index contributed by atoms with van der Waals surface area (Å²) in [5, 5.41) is 0. The first-order chi connectivity index (χ1) is 7.97. The van der Waals surface area contributed by atoms with Gasteiger partial charge in [-0.2, -0.15) is 0 Å². The number of hydrogen-bond donors (Lipinski definition) is 0. The zero-order valence-electron chi connectivity index (χ0n) is 10.9. The summed E-state index contributed by atoms with van der Waals surface area (Å²) in [6.07, 6.45) is 0.482. The standard InChI is InChI=1S/C10H20O6Si/c1-7-9(15-10(11)8(2)3)17(13-5,14-6)16-12-4/h9H,2,7H2,1,3-6H3. The number of ether oxygens (including phenoxy) is 1. The van der Waals surface area contributed by atoms with E-state index in [1.807, 2.05) is 6.92 Å². The van der Waals surface area contributed by atoms with Crippen LogP contribution in [0.4, 0.5) is 0 Å². The Morgan fingerprint density at radius 3 is 2.12 bits per heavy atom. The number of rotatable bonds is 8. The molecule has 0 saturated carbocycles. The second kappa shape index (κ2) is 7.57. The lowest BCUT2D eigenvalue weighted by molar-refractivity contribution is -0.234. The summed E-state index contributed by atoms with van der Waals surface area (Å²) in [6, 6.07) is 0. The zero-order chi connectivity index (χ0) is 13.5. The molecule has 0 aromatic carbocycles. The molecule has 0 saturated heterocycles. The second-order valence-corrected chi connectivity index (χ2v) is 6.18. The van der Waals surface area contributed by atoms with Crippen molar-refractivity contribution in [1.29, 1.82) is 0 Å². The lowest BCUT2D eigenvalue weighted by atomic mass is 10.4. The lowest BCUT2D eigenvalue weighted by Crippen LogP contribution is -2.56. The van der Waals surface area contributed by atoms with Gasteiger partial charge in [0.15, 0.2) is 5.73 Å². The summed E-state index contributed by atoms with van der Waals surface area (Å²) in [5.74, 6) is -0.512. The summed E-state index contributed by atoms with van der Waals surface area (Å²) in [5.41, 5.74) is -0.336. The van der Waals surface area contributed by atoms with E-state index in [0.717, 1.165) is 0 Å². The summed E-state index contributed by atoms with van der Waals surface area (Å²) in [6.45, 7) is 6.90. The molecule has 0 bridgehead atoms. The first-order valence-corrected chi connectivity index (χ1v) is 6.96. The third-order valence-corrected chi connectivity index (χ3v) is 4.98. The molecule has 17 heavy (non-hydrogen) atoms. The van der Waals surface area contributed by atoms with Gasteiger partial charge in [-0.3, -0.25) is 0 Å². The smallest absolute Gasteiger partial charge is 0.454 e. The van der Waals surface area contributed by atoms with Crippen LogP contribution >= 0.6 is 0 Å². The molecule has 0 spiro atoms. The van der Waals surface area contributed by atoms with Crippen LogP contribution in [0.15, 0.2) is 12.2 Å². The highest BCUT2D eigenvalue weighted by molar-refractivity contribution is 6.62. The SMILES string of the molecule is C=C(C)C(=O)OC(CC)[Si](OC)(OC)OOC. The topological polar surface area (TPSA) is 63.2 Å². The van der Waals surface area contributed by atoms with E-state index < -0.39 is 20.5 Å². The van der Waals surface area contributed by atoms with Crippen molar-refractivity contribution >= 4 is 14.8 Å². The molecule has 0 N–H and O–H groups in total. The third kappa shape index (κ3) is 4.21. The fourth-order valence-electron chi connectivity index (χ4n) is 1.22. The summed E-state index contributed by atoms with van der Waals surface area (Å²) in [4.78, 5) is 16.1. The Morgan fingerprint density at radius 1 is 1.29 bits per heavy atom. The van der Waals surface area contributed by atoms with Crippen LogP contribution in [0.3, 0.4) is 0 Å². The molecular weight excluding hydrogens is 244 g/mol. The molecule has 1 unspecified atom stereocenters. The van der Waals surface area contributed by atoms with E-state index in [4.69, 9.17) is 18.2 Å². The monoisotopic (exact) mass is 264 g/mol. The third-order valence-electron chi connectivity index (χ3n) is 2.13. The molecule has 0 aliphatic rings. The van der Waals surface area contributed by atoms with Gasteiger partial charge >= 0.3 is 14.8 Å². The minimum Gasteiger partial charge on any atom is -0.454 e.